The lowest BCUT2D eigenvalue weighted by molar-refractivity contribution is -0.143. The fraction of sp³-hybridized carbons (Fsp3) is 0.158. The summed E-state index contributed by atoms with van der Waals surface area (Å²) in [5.74, 6) is 0.665. The first kappa shape index (κ1) is 42.5. The van der Waals surface area contributed by atoms with Crippen LogP contribution in [-0.4, -0.2) is 49.7 Å². The second-order valence-electron chi connectivity index (χ2n) is 13.0. The molecule has 61 heavy (non-hydrogen) atoms. The number of rotatable bonds is 10. The number of benzene rings is 2. The van der Waals surface area contributed by atoms with Crippen molar-refractivity contribution in [3.8, 4) is 55.0 Å². The Labute approximate surface area is 355 Å². The highest BCUT2D eigenvalue weighted by Crippen LogP contribution is 2.42. The van der Waals surface area contributed by atoms with E-state index in [1.54, 1.807) is 35.2 Å². The van der Waals surface area contributed by atoms with Crippen molar-refractivity contribution < 1.29 is 35.6 Å². The Morgan fingerprint density at radius 3 is 1.59 bits per heavy atom. The van der Waals surface area contributed by atoms with Crippen molar-refractivity contribution in [2.24, 2.45) is 0 Å². The lowest BCUT2D eigenvalue weighted by Crippen LogP contribution is -2.12. The lowest BCUT2D eigenvalue weighted by atomic mass is 9.99. The summed E-state index contributed by atoms with van der Waals surface area (Å²) in [7, 11) is 0. The normalized spacial score (nSPS) is 11.8. The van der Waals surface area contributed by atoms with E-state index in [9.17, 15) is 26.3 Å². The van der Waals surface area contributed by atoms with Crippen molar-refractivity contribution in [2.45, 2.75) is 39.3 Å². The number of hydrogen-bond donors (Lipinski definition) is 2. The monoisotopic (exact) mass is 900 g/mol. The molecule has 0 saturated heterocycles. The summed E-state index contributed by atoms with van der Waals surface area (Å²) in [5.41, 5.74) is 6.57. The molecule has 0 bridgehead atoms. The Bertz CT molecular complexity index is 2970. The van der Waals surface area contributed by atoms with Crippen LogP contribution >= 0.6 is 36.2 Å². The maximum atomic E-state index is 13.8. The fourth-order valence-corrected chi connectivity index (χ4v) is 7.87. The number of alkyl halides is 6. The van der Waals surface area contributed by atoms with Crippen LogP contribution in [0.2, 0.25) is 0 Å². The van der Waals surface area contributed by atoms with Crippen LogP contribution in [0.3, 0.4) is 0 Å². The largest absolute Gasteiger partial charge is 0.416 e. The molecule has 0 saturated carbocycles. The molecule has 0 amide bonds. The van der Waals surface area contributed by atoms with Crippen LogP contribution in [0.25, 0.3) is 77.1 Å². The Kier molecular flexibility index (Phi) is 11.5. The summed E-state index contributed by atoms with van der Waals surface area (Å²) in [4.78, 5) is 20.1. The van der Waals surface area contributed by atoms with Gasteiger partial charge in [-0.2, -0.15) is 26.3 Å². The van der Waals surface area contributed by atoms with Gasteiger partial charge in [-0.05, 0) is 75.9 Å². The lowest BCUT2D eigenvalue weighted by Gasteiger charge is -2.15. The first-order valence-corrected chi connectivity index (χ1v) is 18.6. The topological polar surface area (TPSA) is 163 Å². The van der Waals surface area contributed by atoms with Crippen LogP contribution in [-0.2, 0) is 25.4 Å². The van der Waals surface area contributed by atoms with Crippen molar-refractivity contribution in [1.29, 1.82) is 0 Å². The van der Waals surface area contributed by atoms with Gasteiger partial charge in [0, 0.05) is 46.4 Å². The number of hydrogen-bond acceptors (Lipinski definition) is 13. The van der Waals surface area contributed by atoms with Gasteiger partial charge in [-0.25, -0.2) is 19.2 Å². The fourth-order valence-electron chi connectivity index (χ4n) is 6.85. The van der Waals surface area contributed by atoms with Crippen molar-refractivity contribution in [3.63, 3.8) is 0 Å². The molecule has 0 atom stereocenters. The number of pyridine rings is 2. The zero-order chi connectivity index (χ0) is 41.1. The molecular formula is C38H28Cl2F6N12O2S. The van der Waals surface area contributed by atoms with Gasteiger partial charge in [0.05, 0.1) is 34.6 Å². The van der Waals surface area contributed by atoms with E-state index >= 15 is 0 Å². The van der Waals surface area contributed by atoms with E-state index < -0.39 is 23.5 Å². The van der Waals surface area contributed by atoms with E-state index in [1.807, 2.05) is 35.8 Å². The number of aromatic nitrogens is 10. The molecule has 7 heterocycles. The van der Waals surface area contributed by atoms with E-state index in [-0.39, 0.29) is 88.4 Å². The number of nitrogens with one attached hydrogen (secondary N) is 2. The van der Waals surface area contributed by atoms with Crippen molar-refractivity contribution in [2.75, 3.05) is 10.9 Å². The van der Waals surface area contributed by atoms with E-state index in [4.69, 9.17) is 14.2 Å². The van der Waals surface area contributed by atoms with Crippen LogP contribution in [0, 0.1) is 0 Å². The van der Waals surface area contributed by atoms with Crippen molar-refractivity contribution in [1.82, 2.24) is 49.7 Å². The second kappa shape index (κ2) is 16.5. The number of imidazole rings is 2. The zero-order valence-electron chi connectivity index (χ0n) is 31.3. The molecule has 0 fully saturated rings. The van der Waals surface area contributed by atoms with Gasteiger partial charge in [-0.3, -0.25) is 20.8 Å². The molecule has 0 unspecified atom stereocenters. The maximum absolute atomic E-state index is 13.8. The minimum absolute atomic E-state index is 0. The Morgan fingerprint density at radius 1 is 0.590 bits per heavy atom. The Hall–Kier alpha value is -6.58. The third-order valence-electron chi connectivity index (χ3n) is 9.46. The number of anilines is 2. The highest BCUT2D eigenvalue weighted by atomic mass is 35.5. The van der Waals surface area contributed by atoms with Gasteiger partial charge in [0.15, 0.2) is 23.0 Å². The van der Waals surface area contributed by atoms with Gasteiger partial charge < -0.3 is 9.13 Å². The summed E-state index contributed by atoms with van der Waals surface area (Å²) in [6.45, 7) is 4.34. The third kappa shape index (κ3) is 7.70. The molecule has 0 spiro atoms. The molecule has 2 N–H and O–H groups in total. The Morgan fingerprint density at radius 2 is 1.08 bits per heavy atom. The number of hydrazine groups is 1. The third-order valence-corrected chi connectivity index (χ3v) is 10.6. The number of thiophene rings is 1. The summed E-state index contributed by atoms with van der Waals surface area (Å²) >= 11 is 1.63. The molecule has 7 aromatic heterocycles. The molecule has 2 aromatic carbocycles. The predicted molar refractivity (Wildman–Crippen MR) is 219 cm³/mol. The van der Waals surface area contributed by atoms with Gasteiger partial charge in [0.2, 0.25) is 11.6 Å². The van der Waals surface area contributed by atoms with Crippen LogP contribution in [0.15, 0.2) is 94.7 Å². The number of nitrogens with zero attached hydrogens (tertiary/aromatic N) is 10. The molecule has 0 aliphatic carbocycles. The Balaban J connectivity index is 0.00000281. The van der Waals surface area contributed by atoms with E-state index in [1.165, 1.54) is 12.4 Å². The first-order valence-electron chi connectivity index (χ1n) is 17.7. The summed E-state index contributed by atoms with van der Waals surface area (Å²) in [6, 6.07) is 15.5. The molecule has 23 heteroatoms. The number of aryl methyl sites for hydroxylation is 2. The van der Waals surface area contributed by atoms with Gasteiger partial charge >= 0.3 is 12.4 Å². The van der Waals surface area contributed by atoms with Crippen LogP contribution in [0.5, 0.6) is 0 Å². The van der Waals surface area contributed by atoms with Gasteiger partial charge in [0.25, 0.3) is 0 Å². The van der Waals surface area contributed by atoms with Crippen molar-refractivity contribution >= 4 is 69.9 Å². The number of fused-ring (bicyclic) bond motifs is 2. The molecule has 9 aromatic rings. The van der Waals surface area contributed by atoms with Crippen LogP contribution < -0.4 is 10.9 Å². The average Bonchev–Trinajstić information content (AvgIpc) is 4.08. The van der Waals surface area contributed by atoms with Crippen molar-refractivity contribution in [3.05, 3.63) is 96.6 Å². The van der Waals surface area contributed by atoms with Gasteiger partial charge in [-0.1, -0.05) is 30.3 Å². The van der Waals surface area contributed by atoms with Crippen LogP contribution in [0.4, 0.5) is 38.0 Å². The van der Waals surface area contributed by atoms with Crippen LogP contribution in [0.1, 0.15) is 25.0 Å². The predicted octanol–water partition coefficient (Wildman–Crippen LogP) is 10.7. The van der Waals surface area contributed by atoms with Gasteiger partial charge in [-0.15, -0.1) is 36.2 Å². The molecule has 14 nitrogen and oxygen atoms in total. The molecular weight excluding hydrogens is 873 g/mol. The summed E-state index contributed by atoms with van der Waals surface area (Å²) in [5, 5.41) is 16.1. The van der Waals surface area contributed by atoms with E-state index in [0.717, 1.165) is 26.4 Å². The zero-order valence-corrected chi connectivity index (χ0v) is 33.7. The summed E-state index contributed by atoms with van der Waals surface area (Å²) in [6.07, 6.45) is -4.12. The smallest absolute Gasteiger partial charge is 0.322 e. The minimum atomic E-state index is -5.05. The van der Waals surface area contributed by atoms with E-state index in [2.05, 4.69) is 64.6 Å². The molecule has 0 aliphatic heterocycles. The quantitative estimate of drug-likeness (QED) is 0.0988. The molecule has 0 aliphatic rings. The van der Waals surface area contributed by atoms with E-state index in [0.29, 0.717) is 30.0 Å². The standard InChI is InChI=1S/C38H26F6N12O2S.2ClH/c1-3-55-31-23(20-12-21(37(39,40)41)14-22(13-20)38(42,43)44)15-45-17-25(31)47-35(55)29-33(53-57-51-29)49-50-34-30(52-58-54-34)36-48-26-18-46-16-24(32(26)56(36)4-2)28-11-10-27(59-28)19-8-6-5-7-9-19;;/h5-18H,3-4H2,1-2H3,(H,49,53)(H,50,54);2*1H. The molecule has 9 rings (SSSR count). The number of halogens is 8. The minimum Gasteiger partial charge on any atom is -0.322 e. The second-order valence-corrected chi connectivity index (χ2v) is 14.1. The molecule has 314 valence electrons. The average molecular weight is 902 g/mol. The highest BCUT2D eigenvalue weighted by molar-refractivity contribution is 7.18. The molecule has 0 radical (unpaired) electrons. The first-order chi connectivity index (χ1) is 28.4. The SMILES string of the molecule is CCn1c(-c2nonc2NNc2nonc2-c2nc3cncc(-c4ccc(-c5ccccc5)s4)c3n2CC)nc2cncc(-c3cc(C(F)(F)F)cc(C(F)(F)F)c3)c21.Cl.Cl. The highest BCUT2D eigenvalue weighted by Gasteiger charge is 2.37. The van der Waals surface area contributed by atoms with Gasteiger partial charge in [0.1, 0.15) is 11.0 Å². The summed E-state index contributed by atoms with van der Waals surface area (Å²) < 4.78 is 96.5. The maximum Gasteiger partial charge on any atom is 0.416 e.